The first-order chi connectivity index (χ1) is 19.6. The van der Waals surface area contributed by atoms with Crippen molar-refractivity contribution in [2.45, 2.75) is 78.1 Å². The number of hydrogen-bond donors (Lipinski definition) is 1. The fourth-order valence-electron chi connectivity index (χ4n) is 4.59. The zero-order valence-corrected chi connectivity index (χ0v) is 26.7. The molecule has 0 bridgehead atoms. The molecule has 0 unspecified atom stereocenters. The lowest BCUT2D eigenvalue weighted by Crippen LogP contribution is -2.27. The van der Waals surface area contributed by atoms with Crippen LogP contribution in [0.3, 0.4) is 0 Å². The Bertz CT molecular complexity index is 1460. The first-order valence-corrected chi connectivity index (χ1v) is 15.8. The van der Waals surface area contributed by atoms with Gasteiger partial charge in [0.25, 0.3) is 5.91 Å². The average Bonchev–Trinajstić information content (AvgIpc) is 3.65. The summed E-state index contributed by atoms with van der Waals surface area (Å²) < 4.78 is 7.98. The number of unbranched alkanes of at least 4 members (excludes halogenated alkanes) is 1. The molecule has 0 radical (unpaired) electrons. The van der Waals surface area contributed by atoms with Crippen molar-refractivity contribution in [1.82, 2.24) is 15.1 Å². The molecule has 0 fully saturated rings. The number of benzene rings is 2. The molecule has 0 atom stereocenters. The molecule has 0 aliphatic carbocycles. The molecule has 1 N–H and O–H groups in total. The van der Waals surface area contributed by atoms with Crippen LogP contribution in [0.25, 0.3) is 16.3 Å². The van der Waals surface area contributed by atoms with Crippen molar-refractivity contribution in [2.24, 2.45) is 0 Å². The van der Waals surface area contributed by atoms with Crippen LogP contribution in [0.1, 0.15) is 88.8 Å². The summed E-state index contributed by atoms with van der Waals surface area (Å²) in [6, 6.07) is 19.9. The Morgan fingerprint density at radius 3 is 2.44 bits per heavy atom. The summed E-state index contributed by atoms with van der Waals surface area (Å²) in [5.41, 5.74) is 4.76. The fourth-order valence-corrected chi connectivity index (χ4v) is 5.46. The van der Waals surface area contributed by atoms with Crippen molar-refractivity contribution < 1.29 is 9.53 Å². The lowest BCUT2D eigenvalue weighted by Gasteiger charge is -2.30. The Hall–Kier alpha value is -3.09. The molecular weight excluding hydrogens is 550 g/mol. The van der Waals surface area contributed by atoms with E-state index in [2.05, 4.69) is 65.1 Å². The maximum absolute atomic E-state index is 13.3. The predicted octanol–water partition coefficient (Wildman–Crippen LogP) is 9.22. The number of aromatic nitrogens is 2. The lowest BCUT2D eigenvalue weighted by molar-refractivity contribution is 0.0944. The Labute approximate surface area is 253 Å². The summed E-state index contributed by atoms with van der Waals surface area (Å²) in [5, 5.41) is 10.4. The molecule has 7 heteroatoms. The minimum Gasteiger partial charge on any atom is -0.493 e. The lowest BCUT2D eigenvalue weighted by atomic mass is 9.76. The largest absolute Gasteiger partial charge is 0.493 e. The SMILES string of the molecule is CCC(C)(C)c1ccc(OCCCCNC(=O)c2cc(-c3cccs3)nn2-c2cccc(Cl)c2)c(C(C)(C)CC)c1. The summed E-state index contributed by atoms with van der Waals surface area (Å²) in [5.74, 6) is 0.797. The maximum atomic E-state index is 13.3. The van der Waals surface area contributed by atoms with E-state index < -0.39 is 0 Å². The number of nitrogens with zero attached hydrogens (tertiary/aromatic N) is 2. The summed E-state index contributed by atoms with van der Waals surface area (Å²) in [6.45, 7) is 14.8. The van der Waals surface area contributed by atoms with Gasteiger partial charge in [-0.3, -0.25) is 4.79 Å². The van der Waals surface area contributed by atoms with Gasteiger partial charge in [-0.2, -0.15) is 5.10 Å². The highest BCUT2D eigenvalue weighted by Crippen LogP contribution is 2.38. The van der Waals surface area contributed by atoms with Crippen molar-refractivity contribution in [3.8, 4) is 22.0 Å². The zero-order chi connectivity index (χ0) is 29.6. The number of nitrogens with one attached hydrogen (secondary N) is 1. The zero-order valence-electron chi connectivity index (χ0n) is 25.1. The number of rotatable bonds is 13. The molecule has 0 saturated heterocycles. The molecule has 0 saturated carbocycles. The van der Waals surface area contributed by atoms with Gasteiger partial charge in [-0.15, -0.1) is 11.3 Å². The average molecular weight is 592 g/mol. The number of carbonyl (C=O) groups excluding carboxylic acids is 1. The second-order valence-electron chi connectivity index (χ2n) is 11.8. The van der Waals surface area contributed by atoms with Crippen LogP contribution in [0.5, 0.6) is 5.75 Å². The third kappa shape index (κ3) is 7.41. The Morgan fingerprint density at radius 2 is 1.76 bits per heavy atom. The molecule has 0 spiro atoms. The third-order valence-electron chi connectivity index (χ3n) is 8.14. The smallest absolute Gasteiger partial charge is 0.270 e. The molecule has 5 nitrogen and oxygen atoms in total. The molecule has 41 heavy (non-hydrogen) atoms. The van der Waals surface area contributed by atoms with Crippen LogP contribution in [0, 0.1) is 0 Å². The third-order valence-corrected chi connectivity index (χ3v) is 9.27. The molecular formula is C34H42ClN3O2S. The second-order valence-corrected chi connectivity index (χ2v) is 13.2. The molecule has 218 valence electrons. The van der Waals surface area contributed by atoms with Crippen molar-refractivity contribution in [3.63, 3.8) is 0 Å². The minimum atomic E-state index is -0.165. The number of ether oxygens (including phenoxy) is 1. The highest BCUT2D eigenvalue weighted by molar-refractivity contribution is 7.13. The van der Waals surface area contributed by atoms with Gasteiger partial charge in [0.05, 0.1) is 17.2 Å². The standard InChI is InChI=1S/C34H42ClN3O2S/c1-7-33(3,4)24-16-17-30(27(21-24)34(5,6)8-2)40-19-10-9-18-36-32(39)29-23-28(31-15-12-20-41-31)37-38(29)26-14-11-13-25(35)22-26/h11-17,20-23H,7-10,18-19H2,1-6H3,(H,36,39). The second kappa shape index (κ2) is 13.3. The van der Waals surface area contributed by atoms with Crippen LogP contribution in [0.15, 0.2) is 66.0 Å². The van der Waals surface area contributed by atoms with Gasteiger partial charge in [-0.05, 0) is 83.9 Å². The van der Waals surface area contributed by atoms with E-state index in [4.69, 9.17) is 21.4 Å². The van der Waals surface area contributed by atoms with E-state index >= 15 is 0 Å². The first kappa shape index (κ1) is 30.9. The quantitative estimate of drug-likeness (QED) is 0.158. The summed E-state index contributed by atoms with van der Waals surface area (Å²) >= 11 is 7.83. The monoisotopic (exact) mass is 591 g/mol. The molecule has 4 aromatic rings. The van der Waals surface area contributed by atoms with Crippen LogP contribution in [0.4, 0.5) is 0 Å². The highest BCUT2D eigenvalue weighted by Gasteiger charge is 2.26. The fraction of sp³-hybridized carbons (Fsp3) is 0.412. The van der Waals surface area contributed by atoms with Gasteiger partial charge in [0.15, 0.2) is 0 Å². The van der Waals surface area contributed by atoms with Crippen LogP contribution in [-0.4, -0.2) is 28.8 Å². The molecule has 4 rings (SSSR count). The Morgan fingerprint density at radius 1 is 0.976 bits per heavy atom. The highest BCUT2D eigenvalue weighted by atomic mass is 35.5. The molecule has 0 aliphatic heterocycles. The van der Waals surface area contributed by atoms with Gasteiger partial charge < -0.3 is 10.1 Å². The van der Waals surface area contributed by atoms with Crippen molar-refractivity contribution >= 4 is 28.8 Å². The summed E-state index contributed by atoms with van der Waals surface area (Å²) in [4.78, 5) is 14.3. The maximum Gasteiger partial charge on any atom is 0.270 e. The van der Waals surface area contributed by atoms with Crippen LogP contribution in [-0.2, 0) is 10.8 Å². The molecule has 0 aliphatic rings. The predicted molar refractivity (Wildman–Crippen MR) is 172 cm³/mol. The first-order valence-electron chi connectivity index (χ1n) is 14.5. The van der Waals surface area contributed by atoms with Crippen molar-refractivity contribution in [1.29, 1.82) is 0 Å². The number of amides is 1. The van der Waals surface area contributed by atoms with Crippen molar-refractivity contribution in [3.05, 3.63) is 87.9 Å². The summed E-state index contributed by atoms with van der Waals surface area (Å²) in [6.07, 6.45) is 3.76. The van der Waals surface area contributed by atoms with Gasteiger partial charge in [-0.25, -0.2) is 4.68 Å². The van der Waals surface area contributed by atoms with Gasteiger partial charge in [0.1, 0.15) is 17.1 Å². The van der Waals surface area contributed by atoms with Crippen LogP contribution in [0.2, 0.25) is 5.02 Å². The van der Waals surface area contributed by atoms with Gasteiger partial charge in [-0.1, -0.05) is 77.4 Å². The van der Waals surface area contributed by atoms with E-state index in [1.807, 2.05) is 47.8 Å². The van der Waals surface area contributed by atoms with E-state index in [9.17, 15) is 4.79 Å². The summed E-state index contributed by atoms with van der Waals surface area (Å²) in [7, 11) is 0. The van der Waals surface area contributed by atoms with Gasteiger partial charge in [0, 0.05) is 17.1 Å². The van der Waals surface area contributed by atoms with Gasteiger partial charge in [0.2, 0.25) is 0 Å². The molecule has 1 amide bonds. The molecule has 2 aromatic carbocycles. The Balaban J connectivity index is 1.38. The molecule has 2 heterocycles. The van der Waals surface area contributed by atoms with Crippen LogP contribution >= 0.6 is 22.9 Å². The normalized spacial score (nSPS) is 12.0. The van der Waals surface area contributed by atoms with E-state index in [1.54, 1.807) is 16.0 Å². The Kier molecular flexibility index (Phi) is 9.98. The number of thiophene rings is 1. The van der Waals surface area contributed by atoms with E-state index in [1.165, 1.54) is 11.1 Å². The van der Waals surface area contributed by atoms with Gasteiger partial charge >= 0.3 is 0 Å². The van der Waals surface area contributed by atoms with E-state index in [-0.39, 0.29) is 16.7 Å². The minimum absolute atomic E-state index is 0.0248. The van der Waals surface area contributed by atoms with Crippen LogP contribution < -0.4 is 10.1 Å². The van der Waals surface area contributed by atoms with Crippen molar-refractivity contribution in [2.75, 3.05) is 13.2 Å². The van der Waals surface area contributed by atoms with E-state index in [0.29, 0.717) is 23.9 Å². The van der Waals surface area contributed by atoms with E-state index in [0.717, 1.165) is 47.7 Å². The molecule has 2 aromatic heterocycles. The topological polar surface area (TPSA) is 56.1 Å². The number of halogens is 1. The number of carbonyl (C=O) groups is 1. The number of hydrogen-bond acceptors (Lipinski definition) is 4.